The smallest absolute Gasteiger partial charge is 0.239 e. The molecule has 2 amide bonds. The Hall–Kier alpha value is -1.26. The summed E-state index contributed by atoms with van der Waals surface area (Å²) in [5, 5.41) is 5.94. The fraction of sp³-hybridized carbons (Fsp3) is 0.429. The van der Waals surface area contributed by atoms with E-state index in [9.17, 15) is 9.59 Å². The molecule has 0 saturated carbocycles. The van der Waals surface area contributed by atoms with Crippen molar-refractivity contribution in [2.24, 2.45) is 5.41 Å². The summed E-state index contributed by atoms with van der Waals surface area (Å²) in [6.07, 6.45) is 0.809. The molecule has 0 radical (unpaired) electrons. The van der Waals surface area contributed by atoms with Gasteiger partial charge in [-0.05, 0) is 32.4 Å². The van der Waals surface area contributed by atoms with Gasteiger partial charge in [0.15, 0.2) is 0 Å². The van der Waals surface area contributed by atoms with E-state index in [1.807, 2.05) is 6.92 Å². The molecule has 2 N–H and O–H groups in total. The SMILES string of the molecule is CCCNC(=O)C(C)(C)C(=O)Nc1cccc(Cl)c1Cl. The number of hydrogen-bond acceptors (Lipinski definition) is 2. The third-order valence-corrected chi connectivity index (χ3v) is 3.69. The van der Waals surface area contributed by atoms with Crippen molar-refractivity contribution in [3.63, 3.8) is 0 Å². The maximum absolute atomic E-state index is 12.2. The first-order chi connectivity index (χ1) is 9.30. The summed E-state index contributed by atoms with van der Waals surface area (Å²) in [6, 6.07) is 4.93. The van der Waals surface area contributed by atoms with Crippen molar-refractivity contribution in [3.05, 3.63) is 28.2 Å². The van der Waals surface area contributed by atoms with E-state index in [1.165, 1.54) is 0 Å². The van der Waals surface area contributed by atoms with Gasteiger partial charge in [0.25, 0.3) is 0 Å². The molecule has 0 heterocycles. The quantitative estimate of drug-likeness (QED) is 0.817. The van der Waals surface area contributed by atoms with E-state index < -0.39 is 11.3 Å². The van der Waals surface area contributed by atoms with Crippen LogP contribution in [0.4, 0.5) is 5.69 Å². The molecule has 0 atom stereocenters. The minimum atomic E-state index is -1.19. The van der Waals surface area contributed by atoms with Crippen LogP contribution in [-0.4, -0.2) is 18.4 Å². The van der Waals surface area contributed by atoms with Crippen LogP contribution in [0, 0.1) is 5.41 Å². The zero-order valence-corrected chi connectivity index (χ0v) is 13.2. The third kappa shape index (κ3) is 3.87. The molecule has 0 aromatic heterocycles. The van der Waals surface area contributed by atoms with Crippen molar-refractivity contribution in [2.75, 3.05) is 11.9 Å². The second kappa shape index (κ2) is 6.95. The van der Waals surface area contributed by atoms with Crippen LogP contribution in [0.1, 0.15) is 27.2 Å². The summed E-state index contributed by atoms with van der Waals surface area (Å²) in [7, 11) is 0. The molecule has 20 heavy (non-hydrogen) atoms. The molecular weight excluding hydrogens is 299 g/mol. The lowest BCUT2D eigenvalue weighted by Crippen LogP contribution is -2.45. The number of carbonyl (C=O) groups is 2. The molecule has 1 aromatic rings. The Morgan fingerprint density at radius 3 is 2.45 bits per heavy atom. The lowest BCUT2D eigenvalue weighted by molar-refractivity contribution is -0.138. The van der Waals surface area contributed by atoms with E-state index in [0.29, 0.717) is 17.3 Å². The average Bonchev–Trinajstić information content (AvgIpc) is 2.40. The van der Waals surface area contributed by atoms with E-state index in [4.69, 9.17) is 23.2 Å². The van der Waals surface area contributed by atoms with E-state index in [-0.39, 0.29) is 10.9 Å². The second-order valence-corrected chi connectivity index (χ2v) is 5.72. The van der Waals surface area contributed by atoms with Gasteiger partial charge in [-0.1, -0.05) is 36.2 Å². The lowest BCUT2D eigenvalue weighted by atomic mass is 9.91. The predicted octanol–water partition coefficient (Wildman–Crippen LogP) is 3.48. The number of rotatable bonds is 5. The highest BCUT2D eigenvalue weighted by Crippen LogP contribution is 2.30. The number of anilines is 1. The topological polar surface area (TPSA) is 58.2 Å². The van der Waals surface area contributed by atoms with Gasteiger partial charge in [-0.15, -0.1) is 0 Å². The number of amides is 2. The van der Waals surface area contributed by atoms with Crippen molar-refractivity contribution >= 4 is 40.7 Å². The number of hydrogen-bond donors (Lipinski definition) is 2. The summed E-state index contributed by atoms with van der Waals surface area (Å²) in [5.74, 6) is -0.759. The fourth-order valence-corrected chi connectivity index (χ4v) is 1.79. The molecule has 1 aromatic carbocycles. The molecule has 0 spiro atoms. The number of benzene rings is 1. The van der Waals surface area contributed by atoms with Crippen molar-refractivity contribution < 1.29 is 9.59 Å². The molecule has 0 aliphatic heterocycles. The Labute approximate surface area is 128 Å². The molecule has 0 fully saturated rings. The Balaban J connectivity index is 2.84. The Morgan fingerprint density at radius 2 is 1.85 bits per heavy atom. The standard InChI is InChI=1S/C14H18Cl2N2O2/c1-4-8-17-12(19)14(2,3)13(20)18-10-7-5-6-9(15)11(10)16/h5-7H,4,8H2,1-3H3,(H,17,19)(H,18,20). The molecule has 110 valence electrons. The molecule has 1 rings (SSSR count). The van der Waals surface area contributed by atoms with Crippen LogP contribution >= 0.6 is 23.2 Å². The van der Waals surface area contributed by atoms with Crippen LogP contribution in [0.15, 0.2) is 18.2 Å². The van der Waals surface area contributed by atoms with Crippen LogP contribution in [0.2, 0.25) is 10.0 Å². The van der Waals surface area contributed by atoms with Crippen LogP contribution in [0.25, 0.3) is 0 Å². The van der Waals surface area contributed by atoms with Crippen molar-refractivity contribution in [1.82, 2.24) is 5.32 Å². The summed E-state index contributed by atoms with van der Waals surface area (Å²) in [4.78, 5) is 24.2. The average molecular weight is 317 g/mol. The first-order valence-corrected chi connectivity index (χ1v) is 7.10. The largest absolute Gasteiger partial charge is 0.355 e. The minimum Gasteiger partial charge on any atom is -0.355 e. The van der Waals surface area contributed by atoms with E-state index in [1.54, 1.807) is 32.0 Å². The monoisotopic (exact) mass is 316 g/mol. The third-order valence-electron chi connectivity index (χ3n) is 2.87. The van der Waals surface area contributed by atoms with E-state index in [0.717, 1.165) is 6.42 Å². The molecule has 4 nitrogen and oxygen atoms in total. The first kappa shape index (κ1) is 16.8. The zero-order valence-electron chi connectivity index (χ0n) is 11.7. The van der Waals surface area contributed by atoms with Gasteiger partial charge in [0.05, 0.1) is 15.7 Å². The van der Waals surface area contributed by atoms with Gasteiger partial charge in [0.2, 0.25) is 11.8 Å². The number of carbonyl (C=O) groups excluding carboxylic acids is 2. The van der Waals surface area contributed by atoms with Crippen LogP contribution in [-0.2, 0) is 9.59 Å². The zero-order chi connectivity index (χ0) is 15.3. The highest BCUT2D eigenvalue weighted by atomic mass is 35.5. The van der Waals surface area contributed by atoms with Gasteiger partial charge in [0, 0.05) is 6.54 Å². The molecule has 6 heteroatoms. The molecule has 0 aliphatic carbocycles. The first-order valence-electron chi connectivity index (χ1n) is 6.34. The highest BCUT2D eigenvalue weighted by molar-refractivity contribution is 6.44. The highest BCUT2D eigenvalue weighted by Gasteiger charge is 2.36. The lowest BCUT2D eigenvalue weighted by Gasteiger charge is -2.23. The van der Waals surface area contributed by atoms with Crippen LogP contribution in [0.5, 0.6) is 0 Å². The second-order valence-electron chi connectivity index (χ2n) is 4.94. The molecular formula is C14H18Cl2N2O2. The summed E-state index contributed by atoms with van der Waals surface area (Å²) in [6.45, 7) is 5.60. The van der Waals surface area contributed by atoms with Gasteiger partial charge >= 0.3 is 0 Å². The minimum absolute atomic E-state index is 0.257. The Kier molecular flexibility index (Phi) is 5.84. The Bertz CT molecular complexity index is 516. The van der Waals surface area contributed by atoms with Gasteiger partial charge in [0.1, 0.15) is 5.41 Å². The predicted molar refractivity (Wildman–Crippen MR) is 82.2 cm³/mol. The molecule has 0 saturated heterocycles. The fourth-order valence-electron chi connectivity index (χ4n) is 1.44. The summed E-state index contributed by atoms with van der Waals surface area (Å²) in [5.41, 5.74) is -0.804. The maximum Gasteiger partial charge on any atom is 0.239 e. The van der Waals surface area contributed by atoms with Crippen molar-refractivity contribution in [2.45, 2.75) is 27.2 Å². The van der Waals surface area contributed by atoms with Gasteiger partial charge in [-0.3, -0.25) is 9.59 Å². The van der Waals surface area contributed by atoms with Crippen molar-refractivity contribution in [1.29, 1.82) is 0 Å². The van der Waals surface area contributed by atoms with Crippen LogP contribution in [0.3, 0.4) is 0 Å². The molecule has 0 bridgehead atoms. The van der Waals surface area contributed by atoms with Gasteiger partial charge in [-0.2, -0.15) is 0 Å². The van der Waals surface area contributed by atoms with Gasteiger partial charge < -0.3 is 10.6 Å². The van der Waals surface area contributed by atoms with E-state index >= 15 is 0 Å². The number of halogens is 2. The van der Waals surface area contributed by atoms with Crippen molar-refractivity contribution in [3.8, 4) is 0 Å². The Morgan fingerprint density at radius 1 is 1.20 bits per heavy atom. The number of nitrogens with one attached hydrogen (secondary N) is 2. The van der Waals surface area contributed by atoms with Crippen LogP contribution < -0.4 is 10.6 Å². The maximum atomic E-state index is 12.2. The molecule has 0 unspecified atom stereocenters. The summed E-state index contributed by atoms with van der Waals surface area (Å²) >= 11 is 11.9. The summed E-state index contributed by atoms with van der Waals surface area (Å²) < 4.78 is 0. The molecule has 0 aliphatic rings. The normalized spacial score (nSPS) is 11.1. The van der Waals surface area contributed by atoms with Gasteiger partial charge in [-0.25, -0.2) is 0 Å². The van der Waals surface area contributed by atoms with E-state index in [2.05, 4.69) is 10.6 Å².